The van der Waals surface area contributed by atoms with Crippen molar-refractivity contribution in [1.29, 1.82) is 0 Å². The van der Waals surface area contributed by atoms with Gasteiger partial charge in [0.15, 0.2) is 33.6 Å². The third kappa shape index (κ3) is 5.32. The van der Waals surface area contributed by atoms with Crippen LogP contribution in [-0.4, -0.2) is 46.9 Å². The van der Waals surface area contributed by atoms with Crippen LogP contribution in [0.2, 0.25) is 0 Å². The van der Waals surface area contributed by atoms with Crippen LogP contribution in [-0.2, 0) is 16.6 Å². The Morgan fingerprint density at radius 1 is 1.13 bits per heavy atom. The minimum absolute atomic E-state index is 0.0240. The van der Waals surface area contributed by atoms with Gasteiger partial charge < -0.3 is 19.8 Å². The lowest BCUT2D eigenvalue weighted by Crippen LogP contribution is -2.16. The molecule has 0 atom stereocenters. The molecule has 166 valence electrons. The SMILES string of the molecule is Nc1ncnc2c1nc(Sc1cc3c(cc1I)OCCO3)n2CCCCCS(N)(=O)=O. The Hall–Kier alpha value is -1.84. The molecule has 31 heavy (non-hydrogen) atoms. The van der Waals surface area contributed by atoms with E-state index < -0.39 is 10.0 Å². The summed E-state index contributed by atoms with van der Waals surface area (Å²) in [6, 6.07) is 3.90. The van der Waals surface area contributed by atoms with E-state index in [1.54, 1.807) is 0 Å². The van der Waals surface area contributed by atoms with Crippen molar-refractivity contribution < 1.29 is 17.9 Å². The van der Waals surface area contributed by atoms with Crippen LogP contribution in [0.25, 0.3) is 11.2 Å². The van der Waals surface area contributed by atoms with E-state index in [9.17, 15) is 8.42 Å². The number of anilines is 1. The van der Waals surface area contributed by atoms with E-state index in [0.29, 0.717) is 55.3 Å². The molecule has 0 saturated heterocycles. The molecule has 0 spiro atoms. The van der Waals surface area contributed by atoms with Crippen LogP contribution >= 0.6 is 34.4 Å². The number of primary sulfonamides is 1. The van der Waals surface area contributed by atoms with Crippen LogP contribution in [0.4, 0.5) is 5.82 Å². The van der Waals surface area contributed by atoms with Crippen molar-refractivity contribution in [3.05, 3.63) is 22.0 Å². The highest BCUT2D eigenvalue weighted by Gasteiger charge is 2.20. The molecular weight excluding hydrogens is 555 g/mol. The zero-order valence-electron chi connectivity index (χ0n) is 16.5. The van der Waals surface area contributed by atoms with Gasteiger partial charge in [0.25, 0.3) is 0 Å². The first-order chi connectivity index (χ1) is 14.8. The molecule has 3 heterocycles. The maximum absolute atomic E-state index is 11.1. The number of imidazole rings is 1. The smallest absolute Gasteiger partial charge is 0.209 e. The number of nitrogen functional groups attached to an aromatic ring is 1. The van der Waals surface area contributed by atoms with E-state index in [2.05, 4.69) is 37.5 Å². The van der Waals surface area contributed by atoms with Gasteiger partial charge in [-0.3, -0.25) is 0 Å². The number of fused-ring (bicyclic) bond motifs is 2. The Kier molecular flexibility index (Phi) is 6.74. The fraction of sp³-hybridized carbons (Fsp3) is 0.389. The van der Waals surface area contributed by atoms with Crippen LogP contribution in [0.5, 0.6) is 11.5 Å². The number of aromatic nitrogens is 4. The van der Waals surface area contributed by atoms with Crippen LogP contribution < -0.4 is 20.3 Å². The molecule has 13 heteroatoms. The van der Waals surface area contributed by atoms with Gasteiger partial charge in [-0.05, 0) is 47.6 Å². The molecule has 2 aromatic heterocycles. The topological polar surface area (TPSA) is 148 Å². The Bertz CT molecular complexity index is 1220. The van der Waals surface area contributed by atoms with Crippen molar-refractivity contribution in [3.63, 3.8) is 0 Å². The molecule has 10 nitrogen and oxygen atoms in total. The van der Waals surface area contributed by atoms with Crippen LogP contribution in [0, 0.1) is 3.57 Å². The highest BCUT2D eigenvalue weighted by Crippen LogP contribution is 2.40. The fourth-order valence-corrected chi connectivity index (χ4v) is 5.50. The minimum atomic E-state index is -3.44. The number of sulfonamides is 1. The maximum atomic E-state index is 11.1. The molecule has 1 aliphatic rings. The summed E-state index contributed by atoms with van der Waals surface area (Å²) in [6.07, 6.45) is 3.38. The van der Waals surface area contributed by atoms with E-state index in [4.69, 9.17) is 20.3 Å². The van der Waals surface area contributed by atoms with Crippen LogP contribution in [0.1, 0.15) is 19.3 Å². The summed E-state index contributed by atoms with van der Waals surface area (Å²) in [5.74, 6) is 1.73. The molecule has 0 amide bonds. The second kappa shape index (κ2) is 9.34. The first kappa shape index (κ1) is 22.4. The zero-order valence-corrected chi connectivity index (χ0v) is 20.2. The maximum Gasteiger partial charge on any atom is 0.209 e. The lowest BCUT2D eigenvalue weighted by Gasteiger charge is -2.19. The molecule has 0 fully saturated rings. The standard InChI is InChI=1S/C18H21IN6O4S2/c19-11-8-12-13(29-6-5-28-12)9-14(11)30-18-24-15-16(20)22-10-23-17(15)25(18)4-2-1-3-7-31(21,26)27/h8-10H,1-7H2,(H2,20,22,23)(H2,21,26,27). The van der Waals surface area contributed by atoms with Crippen molar-refractivity contribution in [2.24, 2.45) is 5.14 Å². The number of aryl methyl sites for hydroxylation is 1. The third-order valence-corrected chi connectivity index (χ3v) is 7.80. The van der Waals surface area contributed by atoms with Crippen molar-refractivity contribution in [3.8, 4) is 11.5 Å². The normalized spacial score (nSPS) is 13.6. The molecule has 0 unspecified atom stereocenters. The molecule has 1 aliphatic heterocycles. The van der Waals surface area contributed by atoms with Crippen LogP contribution in [0.3, 0.4) is 0 Å². The quantitative estimate of drug-likeness (QED) is 0.305. The highest BCUT2D eigenvalue weighted by atomic mass is 127. The number of hydrogen-bond donors (Lipinski definition) is 2. The molecule has 0 saturated carbocycles. The van der Waals surface area contributed by atoms with E-state index in [0.717, 1.165) is 25.8 Å². The Labute approximate surface area is 197 Å². The van der Waals surface area contributed by atoms with Gasteiger partial charge in [-0.15, -0.1) is 0 Å². The number of ether oxygens (including phenoxy) is 2. The molecule has 1 aromatic carbocycles. The summed E-state index contributed by atoms with van der Waals surface area (Å²) < 4.78 is 36.6. The van der Waals surface area contributed by atoms with Gasteiger partial charge in [0.1, 0.15) is 19.5 Å². The molecular formula is C18H21IN6O4S2. The van der Waals surface area contributed by atoms with Gasteiger partial charge in [0.2, 0.25) is 10.0 Å². The predicted octanol–water partition coefficient (Wildman–Crippen LogP) is 2.39. The van der Waals surface area contributed by atoms with E-state index in [1.807, 2.05) is 16.7 Å². The van der Waals surface area contributed by atoms with E-state index >= 15 is 0 Å². The van der Waals surface area contributed by atoms with Crippen molar-refractivity contribution in [2.45, 2.75) is 35.9 Å². The number of rotatable bonds is 8. The Morgan fingerprint density at radius 2 is 1.87 bits per heavy atom. The van der Waals surface area contributed by atoms with Gasteiger partial charge in [-0.25, -0.2) is 28.5 Å². The number of benzene rings is 1. The number of unbranched alkanes of at least 4 members (excludes halogenated alkanes) is 2. The second-order valence-corrected chi connectivity index (χ2v) is 10.8. The average Bonchev–Trinajstić information content (AvgIpc) is 3.06. The minimum Gasteiger partial charge on any atom is -0.486 e. The monoisotopic (exact) mass is 576 g/mol. The van der Waals surface area contributed by atoms with E-state index in [-0.39, 0.29) is 5.75 Å². The van der Waals surface area contributed by atoms with Crippen molar-refractivity contribution in [1.82, 2.24) is 19.5 Å². The molecule has 3 aromatic rings. The molecule has 4 N–H and O–H groups in total. The zero-order chi connectivity index (χ0) is 22.0. The summed E-state index contributed by atoms with van der Waals surface area (Å²) in [7, 11) is -3.44. The van der Waals surface area contributed by atoms with Crippen LogP contribution in [0.15, 0.2) is 28.5 Å². The van der Waals surface area contributed by atoms with Gasteiger partial charge in [-0.2, -0.15) is 0 Å². The first-order valence-corrected chi connectivity index (χ1v) is 13.2. The van der Waals surface area contributed by atoms with Gasteiger partial charge in [-0.1, -0.05) is 18.2 Å². The van der Waals surface area contributed by atoms with E-state index in [1.165, 1.54) is 18.1 Å². The third-order valence-electron chi connectivity index (χ3n) is 4.63. The predicted molar refractivity (Wildman–Crippen MR) is 126 cm³/mol. The molecule has 0 radical (unpaired) electrons. The van der Waals surface area contributed by atoms with Gasteiger partial charge in [0.05, 0.1) is 5.75 Å². The second-order valence-electron chi connectivity index (χ2n) is 6.93. The summed E-state index contributed by atoms with van der Waals surface area (Å²) in [4.78, 5) is 14.1. The van der Waals surface area contributed by atoms with Gasteiger partial charge in [0, 0.05) is 15.0 Å². The summed E-state index contributed by atoms with van der Waals surface area (Å²) in [5, 5.41) is 5.80. The Balaban J connectivity index is 1.60. The fourth-order valence-electron chi connectivity index (χ4n) is 3.19. The Morgan fingerprint density at radius 3 is 2.61 bits per heavy atom. The van der Waals surface area contributed by atoms with Crippen molar-refractivity contribution >= 4 is 61.4 Å². The largest absolute Gasteiger partial charge is 0.486 e. The highest BCUT2D eigenvalue weighted by molar-refractivity contribution is 14.1. The lowest BCUT2D eigenvalue weighted by molar-refractivity contribution is 0.171. The molecule has 0 bridgehead atoms. The first-order valence-electron chi connectivity index (χ1n) is 9.56. The number of halogens is 1. The summed E-state index contributed by atoms with van der Waals surface area (Å²) in [6.45, 7) is 1.66. The average molecular weight is 576 g/mol. The summed E-state index contributed by atoms with van der Waals surface area (Å²) in [5.41, 5.74) is 7.21. The lowest BCUT2D eigenvalue weighted by atomic mass is 10.2. The number of nitrogens with two attached hydrogens (primary N) is 2. The number of nitrogens with zero attached hydrogens (tertiary/aromatic N) is 4. The molecule has 4 rings (SSSR count). The van der Waals surface area contributed by atoms with Gasteiger partial charge >= 0.3 is 0 Å². The van der Waals surface area contributed by atoms with Crippen molar-refractivity contribution in [2.75, 3.05) is 24.7 Å². The summed E-state index contributed by atoms with van der Waals surface area (Å²) >= 11 is 3.75. The molecule has 0 aliphatic carbocycles. The number of hydrogen-bond acceptors (Lipinski definition) is 9.